The zero-order chi connectivity index (χ0) is 19.5. The third kappa shape index (κ3) is 3.62. The SMILES string of the molecule is Cn1nc([C@H]2CCCN(C(=O)CCn3ccnc3)C2)n(-c2ccccc2)c1=O. The minimum absolute atomic E-state index is 0.0417. The number of likely N-dealkylation sites (tertiary alicyclic amines) is 1. The van der Waals surface area contributed by atoms with Crippen LogP contribution in [0.4, 0.5) is 0 Å². The third-order valence-electron chi connectivity index (χ3n) is 5.25. The summed E-state index contributed by atoms with van der Waals surface area (Å²) >= 11 is 0. The van der Waals surface area contributed by atoms with Crippen molar-refractivity contribution in [2.24, 2.45) is 7.05 Å². The van der Waals surface area contributed by atoms with Gasteiger partial charge in [0, 0.05) is 51.4 Å². The van der Waals surface area contributed by atoms with E-state index in [1.165, 1.54) is 4.68 Å². The molecule has 3 heterocycles. The Morgan fingerprint density at radius 2 is 2.07 bits per heavy atom. The molecule has 1 atom stereocenters. The molecule has 0 spiro atoms. The summed E-state index contributed by atoms with van der Waals surface area (Å²) in [5.41, 5.74) is 0.643. The summed E-state index contributed by atoms with van der Waals surface area (Å²) < 4.78 is 4.96. The summed E-state index contributed by atoms with van der Waals surface area (Å²) in [7, 11) is 1.67. The predicted octanol–water partition coefficient (Wildman–Crippen LogP) is 1.56. The fourth-order valence-electron chi connectivity index (χ4n) is 3.78. The van der Waals surface area contributed by atoms with E-state index in [1.54, 1.807) is 24.1 Å². The van der Waals surface area contributed by atoms with Crippen LogP contribution >= 0.6 is 0 Å². The Morgan fingerprint density at radius 3 is 2.82 bits per heavy atom. The number of carbonyl (C=O) groups excluding carboxylic acids is 1. The smallest absolute Gasteiger partial charge is 0.342 e. The van der Waals surface area contributed by atoms with Crippen molar-refractivity contribution < 1.29 is 4.79 Å². The van der Waals surface area contributed by atoms with E-state index in [1.807, 2.05) is 46.0 Å². The van der Waals surface area contributed by atoms with E-state index in [0.717, 1.165) is 30.9 Å². The number of aryl methyl sites for hydroxylation is 2. The number of hydrogen-bond donors (Lipinski definition) is 0. The maximum atomic E-state index is 12.7. The number of benzene rings is 1. The first kappa shape index (κ1) is 18.2. The molecule has 0 N–H and O–H groups in total. The molecule has 0 unspecified atom stereocenters. The Kier molecular flexibility index (Phi) is 5.10. The number of rotatable bonds is 5. The Balaban J connectivity index is 1.53. The molecule has 0 aliphatic carbocycles. The quantitative estimate of drug-likeness (QED) is 0.673. The van der Waals surface area contributed by atoms with E-state index in [4.69, 9.17) is 0 Å². The maximum Gasteiger partial charge on any atom is 0.350 e. The lowest BCUT2D eigenvalue weighted by Gasteiger charge is -2.32. The van der Waals surface area contributed by atoms with Crippen molar-refractivity contribution in [2.75, 3.05) is 13.1 Å². The molecule has 1 aliphatic rings. The number of carbonyl (C=O) groups is 1. The molecular formula is C20H24N6O2. The van der Waals surface area contributed by atoms with Gasteiger partial charge in [-0.05, 0) is 25.0 Å². The number of imidazole rings is 1. The van der Waals surface area contributed by atoms with E-state index in [9.17, 15) is 9.59 Å². The number of nitrogens with zero attached hydrogens (tertiary/aromatic N) is 6. The predicted molar refractivity (Wildman–Crippen MR) is 104 cm³/mol. The summed E-state index contributed by atoms with van der Waals surface area (Å²) in [6, 6.07) is 9.55. The number of piperidine rings is 1. The van der Waals surface area contributed by atoms with Gasteiger partial charge >= 0.3 is 5.69 Å². The maximum absolute atomic E-state index is 12.7. The second-order valence-electron chi connectivity index (χ2n) is 7.16. The highest BCUT2D eigenvalue weighted by Gasteiger charge is 2.29. The van der Waals surface area contributed by atoms with Crippen LogP contribution in [-0.4, -0.2) is 47.8 Å². The van der Waals surface area contributed by atoms with Gasteiger partial charge in [-0.2, -0.15) is 5.10 Å². The van der Waals surface area contributed by atoms with Gasteiger partial charge in [0.2, 0.25) is 5.91 Å². The Morgan fingerprint density at radius 1 is 1.25 bits per heavy atom. The van der Waals surface area contributed by atoms with E-state index in [0.29, 0.717) is 19.5 Å². The van der Waals surface area contributed by atoms with Crippen molar-refractivity contribution in [3.05, 3.63) is 65.4 Å². The van der Waals surface area contributed by atoms with Gasteiger partial charge < -0.3 is 9.47 Å². The van der Waals surface area contributed by atoms with Crippen LogP contribution in [-0.2, 0) is 18.4 Å². The third-order valence-corrected chi connectivity index (χ3v) is 5.25. The number of aromatic nitrogens is 5. The molecule has 8 nitrogen and oxygen atoms in total. The average Bonchev–Trinajstić information content (AvgIpc) is 3.35. The summed E-state index contributed by atoms with van der Waals surface area (Å²) in [6.45, 7) is 1.96. The highest BCUT2D eigenvalue weighted by Crippen LogP contribution is 2.27. The van der Waals surface area contributed by atoms with Crippen molar-refractivity contribution in [3.63, 3.8) is 0 Å². The average molecular weight is 380 g/mol. The van der Waals surface area contributed by atoms with E-state index in [2.05, 4.69) is 10.1 Å². The number of hydrogen-bond acceptors (Lipinski definition) is 4. The van der Waals surface area contributed by atoms with Crippen LogP contribution in [0.3, 0.4) is 0 Å². The fraction of sp³-hybridized carbons (Fsp3) is 0.400. The molecule has 1 fully saturated rings. The van der Waals surface area contributed by atoms with Crippen LogP contribution in [0.5, 0.6) is 0 Å². The summed E-state index contributed by atoms with van der Waals surface area (Å²) in [5.74, 6) is 0.897. The topological polar surface area (TPSA) is 78.0 Å². The first-order valence-corrected chi connectivity index (χ1v) is 9.58. The first-order chi connectivity index (χ1) is 13.6. The van der Waals surface area contributed by atoms with Crippen molar-refractivity contribution in [1.29, 1.82) is 0 Å². The second-order valence-corrected chi connectivity index (χ2v) is 7.16. The fourth-order valence-corrected chi connectivity index (χ4v) is 3.78. The zero-order valence-electron chi connectivity index (χ0n) is 15.9. The van der Waals surface area contributed by atoms with Gasteiger partial charge in [0.15, 0.2) is 0 Å². The van der Waals surface area contributed by atoms with Gasteiger partial charge in [-0.25, -0.2) is 19.0 Å². The van der Waals surface area contributed by atoms with E-state index >= 15 is 0 Å². The molecule has 3 aromatic rings. The van der Waals surface area contributed by atoms with Crippen LogP contribution < -0.4 is 5.69 Å². The molecule has 4 rings (SSSR count). The molecule has 8 heteroatoms. The minimum Gasteiger partial charge on any atom is -0.342 e. The lowest BCUT2D eigenvalue weighted by molar-refractivity contribution is -0.132. The normalized spacial score (nSPS) is 17.0. The highest BCUT2D eigenvalue weighted by atomic mass is 16.2. The van der Waals surface area contributed by atoms with Crippen molar-refractivity contribution >= 4 is 5.91 Å². The van der Waals surface area contributed by atoms with Gasteiger partial charge in [-0.15, -0.1) is 0 Å². The Hall–Kier alpha value is -3.16. The van der Waals surface area contributed by atoms with Gasteiger partial charge in [-0.3, -0.25) is 4.79 Å². The standard InChI is InChI=1S/C20H24N6O2/c1-23-20(28)26(17-7-3-2-4-8-17)19(22-23)16-6-5-11-25(14-16)18(27)9-12-24-13-10-21-15-24/h2-4,7-8,10,13,15-16H,5-6,9,11-12,14H2,1H3/t16-/m0/s1. The molecule has 146 valence electrons. The molecule has 28 heavy (non-hydrogen) atoms. The van der Waals surface area contributed by atoms with Crippen LogP contribution in [0.2, 0.25) is 0 Å². The Labute approximate surface area is 163 Å². The van der Waals surface area contributed by atoms with Crippen LogP contribution in [0.15, 0.2) is 53.8 Å². The lowest BCUT2D eigenvalue weighted by Crippen LogP contribution is -2.40. The molecule has 0 bridgehead atoms. The van der Waals surface area contributed by atoms with Gasteiger partial charge in [0.25, 0.3) is 0 Å². The summed E-state index contributed by atoms with van der Waals surface area (Å²) in [4.78, 5) is 31.3. The Bertz CT molecular complexity index is 990. The molecule has 2 aromatic heterocycles. The molecular weight excluding hydrogens is 356 g/mol. The minimum atomic E-state index is -0.162. The van der Waals surface area contributed by atoms with Crippen molar-refractivity contribution in [2.45, 2.75) is 31.7 Å². The monoisotopic (exact) mass is 380 g/mol. The largest absolute Gasteiger partial charge is 0.350 e. The number of para-hydroxylation sites is 1. The summed E-state index contributed by atoms with van der Waals surface area (Å²) in [6.07, 6.45) is 7.55. The molecule has 0 radical (unpaired) electrons. The highest BCUT2D eigenvalue weighted by molar-refractivity contribution is 5.76. The van der Waals surface area contributed by atoms with Crippen LogP contribution in [0.1, 0.15) is 31.0 Å². The second kappa shape index (κ2) is 7.84. The molecule has 1 aromatic carbocycles. The van der Waals surface area contributed by atoms with Gasteiger partial charge in [0.05, 0.1) is 12.0 Å². The van der Waals surface area contributed by atoms with E-state index < -0.39 is 0 Å². The molecule has 1 amide bonds. The van der Waals surface area contributed by atoms with Crippen LogP contribution in [0, 0.1) is 0 Å². The molecule has 0 saturated carbocycles. The number of amides is 1. The van der Waals surface area contributed by atoms with Crippen molar-refractivity contribution in [3.8, 4) is 5.69 Å². The van der Waals surface area contributed by atoms with Gasteiger partial charge in [-0.1, -0.05) is 18.2 Å². The van der Waals surface area contributed by atoms with Crippen LogP contribution in [0.25, 0.3) is 5.69 Å². The van der Waals surface area contributed by atoms with Gasteiger partial charge in [0.1, 0.15) is 5.82 Å². The molecule has 1 saturated heterocycles. The van der Waals surface area contributed by atoms with Crippen molar-refractivity contribution in [1.82, 2.24) is 28.8 Å². The van der Waals surface area contributed by atoms with E-state index in [-0.39, 0.29) is 17.5 Å². The summed E-state index contributed by atoms with van der Waals surface area (Å²) in [5, 5.41) is 4.51. The lowest BCUT2D eigenvalue weighted by atomic mass is 9.96. The zero-order valence-corrected chi connectivity index (χ0v) is 15.9. The first-order valence-electron chi connectivity index (χ1n) is 9.58. The molecule has 1 aliphatic heterocycles.